The Hall–Kier alpha value is -0.310. The summed E-state index contributed by atoms with van der Waals surface area (Å²) in [6.45, 7) is 5.31. The molecule has 74 valence electrons. The van der Waals surface area contributed by atoms with Gasteiger partial charge in [0.15, 0.2) is 0 Å². The van der Waals surface area contributed by atoms with Crippen LogP contribution in [0.1, 0.15) is 25.8 Å². The van der Waals surface area contributed by atoms with E-state index in [1.807, 2.05) is 10.9 Å². The number of hydrogen-bond donors (Lipinski definition) is 0. The molecule has 0 aliphatic heterocycles. The molecule has 0 aliphatic rings. The summed E-state index contributed by atoms with van der Waals surface area (Å²) in [7, 11) is 0. The molecule has 0 bridgehead atoms. The van der Waals surface area contributed by atoms with Crippen molar-refractivity contribution in [3.8, 4) is 0 Å². The van der Waals surface area contributed by atoms with E-state index in [1.54, 1.807) is 0 Å². The Morgan fingerprint density at radius 2 is 2.31 bits per heavy atom. The minimum Gasteiger partial charge on any atom is -0.273 e. The first kappa shape index (κ1) is 10.8. The van der Waals surface area contributed by atoms with Crippen LogP contribution in [-0.4, -0.2) is 15.1 Å². The molecule has 0 spiro atoms. The summed E-state index contributed by atoms with van der Waals surface area (Å²) in [5, 5.41) is 5.34. The second-order valence-corrected chi connectivity index (χ2v) is 3.98. The molecule has 0 aliphatic carbocycles. The fourth-order valence-electron chi connectivity index (χ4n) is 1.33. The first-order valence-corrected chi connectivity index (χ1v) is 5.99. The molecule has 1 atom stereocenters. The molecule has 0 N–H and O–H groups in total. The highest BCUT2D eigenvalue weighted by atomic mass is 79.9. The van der Waals surface area contributed by atoms with Crippen molar-refractivity contribution in [1.82, 2.24) is 9.78 Å². The number of aromatic nitrogens is 2. The van der Waals surface area contributed by atoms with Gasteiger partial charge in [-0.1, -0.05) is 29.3 Å². The summed E-state index contributed by atoms with van der Waals surface area (Å²) in [4.78, 5) is 0. The molecule has 13 heavy (non-hydrogen) atoms. The largest absolute Gasteiger partial charge is 0.273 e. The Bertz CT molecular complexity index is 241. The maximum Gasteiger partial charge on any atom is 0.0521 e. The summed E-state index contributed by atoms with van der Waals surface area (Å²) in [5.41, 5.74) is 1.35. The second-order valence-electron chi connectivity index (χ2n) is 3.34. The van der Waals surface area contributed by atoms with Gasteiger partial charge in [-0.05, 0) is 24.8 Å². The number of halogens is 1. The zero-order chi connectivity index (χ0) is 9.68. The van der Waals surface area contributed by atoms with Crippen molar-refractivity contribution in [1.29, 1.82) is 0 Å². The van der Waals surface area contributed by atoms with E-state index >= 15 is 0 Å². The summed E-state index contributed by atoms with van der Waals surface area (Å²) >= 11 is 3.53. The van der Waals surface area contributed by atoms with E-state index in [0.29, 0.717) is 0 Å². The van der Waals surface area contributed by atoms with Crippen molar-refractivity contribution in [2.45, 2.75) is 33.2 Å². The van der Waals surface area contributed by atoms with Crippen LogP contribution in [0.2, 0.25) is 0 Å². The number of alkyl halides is 1. The van der Waals surface area contributed by atoms with Crippen molar-refractivity contribution < 1.29 is 0 Å². The fourth-order valence-corrected chi connectivity index (χ4v) is 2.01. The first-order chi connectivity index (χ1) is 6.30. The van der Waals surface area contributed by atoms with Gasteiger partial charge in [0, 0.05) is 18.1 Å². The van der Waals surface area contributed by atoms with Crippen molar-refractivity contribution >= 4 is 15.9 Å². The molecule has 1 unspecified atom stereocenters. The molecule has 0 saturated heterocycles. The van der Waals surface area contributed by atoms with E-state index < -0.39 is 0 Å². The van der Waals surface area contributed by atoms with Crippen LogP contribution in [0.5, 0.6) is 0 Å². The van der Waals surface area contributed by atoms with Gasteiger partial charge in [0.2, 0.25) is 0 Å². The van der Waals surface area contributed by atoms with E-state index in [1.165, 1.54) is 12.0 Å². The molecular weight excluding hydrogens is 228 g/mol. The number of hydrogen-bond acceptors (Lipinski definition) is 1. The smallest absolute Gasteiger partial charge is 0.0521 e. The van der Waals surface area contributed by atoms with E-state index in [9.17, 15) is 0 Å². The lowest BCUT2D eigenvalue weighted by molar-refractivity contribution is 0.572. The number of aryl methyl sites for hydroxylation is 1. The van der Waals surface area contributed by atoms with E-state index in [0.717, 1.165) is 24.2 Å². The maximum atomic E-state index is 4.26. The molecule has 2 nitrogen and oxygen atoms in total. The van der Waals surface area contributed by atoms with Crippen LogP contribution >= 0.6 is 15.9 Å². The Morgan fingerprint density at radius 1 is 1.54 bits per heavy atom. The van der Waals surface area contributed by atoms with Gasteiger partial charge in [-0.25, -0.2) is 0 Å². The quantitative estimate of drug-likeness (QED) is 0.729. The average molecular weight is 245 g/mol. The van der Waals surface area contributed by atoms with Crippen molar-refractivity contribution in [3.63, 3.8) is 0 Å². The minimum atomic E-state index is 0.745. The highest BCUT2D eigenvalue weighted by Crippen LogP contribution is 2.13. The fraction of sp³-hybridized carbons (Fsp3) is 0.700. The lowest BCUT2D eigenvalue weighted by Gasteiger charge is -2.08. The van der Waals surface area contributed by atoms with Crippen LogP contribution in [0.3, 0.4) is 0 Å². The van der Waals surface area contributed by atoms with Crippen LogP contribution < -0.4 is 0 Å². The molecule has 0 saturated carbocycles. The summed E-state index contributed by atoms with van der Waals surface area (Å²) in [6, 6.07) is 0. The van der Waals surface area contributed by atoms with Crippen LogP contribution in [0.15, 0.2) is 12.4 Å². The minimum absolute atomic E-state index is 0.745. The molecule has 1 heterocycles. The van der Waals surface area contributed by atoms with Gasteiger partial charge in [-0.3, -0.25) is 4.68 Å². The second kappa shape index (κ2) is 5.43. The molecule has 1 aromatic rings. The Labute approximate surface area is 88.5 Å². The third-order valence-corrected chi connectivity index (χ3v) is 3.25. The van der Waals surface area contributed by atoms with Crippen molar-refractivity contribution in [2.24, 2.45) is 5.92 Å². The molecule has 0 fully saturated rings. The van der Waals surface area contributed by atoms with Crippen LogP contribution in [0.25, 0.3) is 0 Å². The van der Waals surface area contributed by atoms with Crippen LogP contribution in [0, 0.1) is 5.92 Å². The van der Waals surface area contributed by atoms with E-state index in [2.05, 4.69) is 41.1 Å². The van der Waals surface area contributed by atoms with Gasteiger partial charge in [0.05, 0.1) is 6.20 Å². The molecule has 1 aromatic heterocycles. The Morgan fingerprint density at radius 3 is 2.77 bits per heavy atom. The topological polar surface area (TPSA) is 17.8 Å². The van der Waals surface area contributed by atoms with Crippen LogP contribution in [-0.2, 0) is 13.0 Å². The molecule has 1 rings (SSSR count). The normalized spacial score (nSPS) is 13.2. The Balaban J connectivity index is 2.52. The summed E-state index contributed by atoms with van der Waals surface area (Å²) < 4.78 is 1.98. The monoisotopic (exact) mass is 244 g/mol. The first-order valence-electron chi connectivity index (χ1n) is 4.87. The lowest BCUT2D eigenvalue weighted by Crippen LogP contribution is -2.03. The lowest BCUT2D eigenvalue weighted by atomic mass is 10.0. The van der Waals surface area contributed by atoms with Crippen molar-refractivity contribution in [2.75, 3.05) is 5.33 Å². The third-order valence-electron chi connectivity index (χ3n) is 2.33. The average Bonchev–Trinajstić information content (AvgIpc) is 2.61. The summed E-state index contributed by atoms with van der Waals surface area (Å²) in [5.74, 6) is 0.745. The van der Waals surface area contributed by atoms with Gasteiger partial charge in [0.1, 0.15) is 0 Å². The number of nitrogens with zero attached hydrogens (tertiary/aromatic N) is 2. The zero-order valence-corrected chi connectivity index (χ0v) is 9.92. The standard InChI is InChI=1S/C10H17BrN2/c1-3-9(6-11)5-10-7-12-13(4-2)8-10/h7-9H,3-6H2,1-2H3. The van der Waals surface area contributed by atoms with Gasteiger partial charge in [0.25, 0.3) is 0 Å². The Kier molecular flexibility index (Phi) is 4.50. The molecule has 3 heteroatoms. The highest BCUT2D eigenvalue weighted by molar-refractivity contribution is 9.09. The van der Waals surface area contributed by atoms with Crippen LogP contribution in [0.4, 0.5) is 0 Å². The highest BCUT2D eigenvalue weighted by Gasteiger charge is 2.06. The van der Waals surface area contributed by atoms with E-state index in [4.69, 9.17) is 0 Å². The van der Waals surface area contributed by atoms with Gasteiger partial charge >= 0.3 is 0 Å². The molecule has 0 amide bonds. The zero-order valence-electron chi connectivity index (χ0n) is 8.33. The molecule has 0 aromatic carbocycles. The van der Waals surface area contributed by atoms with Gasteiger partial charge in [-0.2, -0.15) is 5.10 Å². The predicted octanol–water partition coefficient (Wildman–Crippen LogP) is 2.87. The molecular formula is C10H17BrN2. The van der Waals surface area contributed by atoms with E-state index in [-0.39, 0.29) is 0 Å². The SMILES string of the molecule is CCC(CBr)Cc1cnn(CC)c1. The summed E-state index contributed by atoms with van der Waals surface area (Å²) in [6.07, 6.45) is 6.49. The van der Waals surface area contributed by atoms with Gasteiger partial charge in [-0.15, -0.1) is 0 Å². The van der Waals surface area contributed by atoms with Crippen molar-refractivity contribution in [3.05, 3.63) is 18.0 Å². The maximum absolute atomic E-state index is 4.26. The molecule has 0 radical (unpaired) electrons. The number of rotatable bonds is 5. The van der Waals surface area contributed by atoms with Gasteiger partial charge < -0.3 is 0 Å². The third kappa shape index (κ3) is 3.14. The predicted molar refractivity (Wildman–Crippen MR) is 59.2 cm³/mol.